The molecule has 0 aliphatic carbocycles. The van der Waals surface area contributed by atoms with Crippen molar-refractivity contribution >= 4 is 0 Å². The Morgan fingerprint density at radius 2 is 1.00 bits per heavy atom. The molecule has 20 heavy (non-hydrogen) atoms. The number of rotatable bonds is 12. The molecule has 0 bridgehead atoms. The Labute approximate surface area is 126 Å². The van der Waals surface area contributed by atoms with E-state index in [1.165, 1.54) is 77.0 Å². The van der Waals surface area contributed by atoms with Crippen molar-refractivity contribution in [2.45, 2.75) is 116 Å². The molecule has 0 unspecified atom stereocenters. The summed E-state index contributed by atoms with van der Waals surface area (Å²) in [5.74, 6) is 0. The lowest BCUT2D eigenvalue weighted by molar-refractivity contribution is -0.0524. The molecule has 1 rings (SSSR count). The largest absolute Gasteiger partial charge is 0.347 e. The minimum absolute atomic E-state index is 0.0104. The zero-order chi connectivity index (χ0) is 14.6. The first kappa shape index (κ1) is 18.0. The van der Waals surface area contributed by atoms with E-state index in [1.807, 2.05) is 6.92 Å². The maximum absolute atomic E-state index is 5.94. The summed E-state index contributed by atoms with van der Waals surface area (Å²) in [5, 5.41) is 0. The third-order valence-corrected chi connectivity index (χ3v) is 4.33. The van der Waals surface area contributed by atoms with Gasteiger partial charge in [0.25, 0.3) is 0 Å². The topological polar surface area (TPSA) is 18.5 Å². The molecule has 0 radical (unpaired) electrons. The second-order valence-electron chi connectivity index (χ2n) is 6.32. The Hall–Kier alpha value is -0.0800. The third kappa shape index (κ3) is 7.64. The summed E-state index contributed by atoms with van der Waals surface area (Å²) >= 11 is 0. The van der Waals surface area contributed by atoms with Crippen molar-refractivity contribution in [2.75, 3.05) is 0 Å². The molecular formula is C18H36O2. The standard InChI is InChI=1S/C18H36O2/c1-4-6-8-10-11-13-15-18-17(19-16(3)20-18)14-12-9-7-5-2/h16-18H,4-15H2,1-3H3/t16-,17-,18+/m1/s1. The molecule has 2 heteroatoms. The SMILES string of the molecule is CCCCCCCC[C@@H]1O[C@H](C)O[C@@H]1CCCCCC. The quantitative estimate of drug-likeness (QED) is 0.419. The molecule has 0 N–H and O–H groups in total. The summed E-state index contributed by atoms with van der Waals surface area (Å²) in [6, 6.07) is 0. The fourth-order valence-corrected chi connectivity index (χ4v) is 3.11. The van der Waals surface area contributed by atoms with Crippen LogP contribution >= 0.6 is 0 Å². The molecule has 1 heterocycles. The Bertz CT molecular complexity index is 217. The van der Waals surface area contributed by atoms with Crippen molar-refractivity contribution < 1.29 is 9.47 Å². The van der Waals surface area contributed by atoms with Crippen molar-refractivity contribution in [1.82, 2.24) is 0 Å². The minimum Gasteiger partial charge on any atom is -0.347 e. The number of unbranched alkanes of at least 4 members (excludes halogenated alkanes) is 8. The fraction of sp³-hybridized carbons (Fsp3) is 1.00. The highest BCUT2D eigenvalue weighted by Gasteiger charge is 2.32. The minimum atomic E-state index is 0.0104. The molecule has 1 fully saturated rings. The van der Waals surface area contributed by atoms with Gasteiger partial charge in [-0.1, -0.05) is 78.1 Å². The van der Waals surface area contributed by atoms with Gasteiger partial charge in [-0.2, -0.15) is 0 Å². The van der Waals surface area contributed by atoms with Gasteiger partial charge in [-0.15, -0.1) is 0 Å². The van der Waals surface area contributed by atoms with E-state index < -0.39 is 0 Å². The lowest BCUT2D eigenvalue weighted by Gasteiger charge is -2.16. The highest BCUT2D eigenvalue weighted by atomic mass is 16.7. The molecule has 0 spiro atoms. The van der Waals surface area contributed by atoms with Crippen LogP contribution in [0.25, 0.3) is 0 Å². The third-order valence-electron chi connectivity index (χ3n) is 4.33. The van der Waals surface area contributed by atoms with Gasteiger partial charge >= 0.3 is 0 Å². The summed E-state index contributed by atoms with van der Waals surface area (Å²) in [4.78, 5) is 0. The van der Waals surface area contributed by atoms with Gasteiger partial charge in [0.05, 0.1) is 12.2 Å². The van der Waals surface area contributed by atoms with E-state index in [0.29, 0.717) is 12.2 Å². The van der Waals surface area contributed by atoms with Crippen molar-refractivity contribution in [3.8, 4) is 0 Å². The molecule has 3 atom stereocenters. The van der Waals surface area contributed by atoms with Gasteiger partial charge in [-0.05, 0) is 19.8 Å². The zero-order valence-electron chi connectivity index (χ0n) is 14.0. The van der Waals surface area contributed by atoms with Crippen LogP contribution in [0.4, 0.5) is 0 Å². The van der Waals surface area contributed by atoms with Crippen LogP contribution in [-0.2, 0) is 9.47 Å². The molecule has 0 aromatic rings. The van der Waals surface area contributed by atoms with E-state index in [2.05, 4.69) is 13.8 Å². The van der Waals surface area contributed by atoms with E-state index in [-0.39, 0.29) is 6.29 Å². The summed E-state index contributed by atoms with van der Waals surface area (Å²) < 4.78 is 11.9. The summed E-state index contributed by atoms with van der Waals surface area (Å²) in [6.07, 6.45) is 16.6. The predicted octanol–water partition coefficient (Wildman–Crippen LogP) is 5.84. The van der Waals surface area contributed by atoms with Gasteiger partial charge in [0.2, 0.25) is 0 Å². The summed E-state index contributed by atoms with van der Waals surface area (Å²) in [7, 11) is 0. The first-order valence-electron chi connectivity index (χ1n) is 9.08. The Balaban J connectivity index is 2.10. The molecule has 0 amide bonds. The average Bonchev–Trinajstić information content (AvgIpc) is 2.79. The highest BCUT2D eigenvalue weighted by Crippen LogP contribution is 2.27. The van der Waals surface area contributed by atoms with Crippen molar-refractivity contribution in [2.24, 2.45) is 0 Å². The molecule has 0 aromatic carbocycles. The molecule has 0 saturated carbocycles. The van der Waals surface area contributed by atoms with Crippen LogP contribution in [0.15, 0.2) is 0 Å². The van der Waals surface area contributed by atoms with E-state index in [1.54, 1.807) is 0 Å². The predicted molar refractivity (Wildman–Crippen MR) is 86.0 cm³/mol. The number of hydrogen-bond donors (Lipinski definition) is 0. The monoisotopic (exact) mass is 284 g/mol. The second-order valence-corrected chi connectivity index (χ2v) is 6.32. The molecule has 1 aliphatic rings. The van der Waals surface area contributed by atoms with Gasteiger partial charge in [-0.3, -0.25) is 0 Å². The van der Waals surface area contributed by atoms with Gasteiger partial charge < -0.3 is 9.47 Å². The van der Waals surface area contributed by atoms with Crippen LogP contribution in [0.2, 0.25) is 0 Å². The molecule has 1 aliphatic heterocycles. The van der Waals surface area contributed by atoms with Crippen molar-refractivity contribution in [1.29, 1.82) is 0 Å². The van der Waals surface area contributed by atoms with Gasteiger partial charge in [0.15, 0.2) is 6.29 Å². The Morgan fingerprint density at radius 3 is 1.50 bits per heavy atom. The van der Waals surface area contributed by atoms with E-state index in [0.717, 1.165) is 0 Å². The van der Waals surface area contributed by atoms with E-state index in [4.69, 9.17) is 9.47 Å². The molecule has 1 saturated heterocycles. The maximum Gasteiger partial charge on any atom is 0.155 e. The first-order chi connectivity index (χ1) is 9.77. The van der Waals surface area contributed by atoms with Crippen LogP contribution in [0.3, 0.4) is 0 Å². The summed E-state index contributed by atoms with van der Waals surface area (Å²) in [5.41, 5.74) is 0. The highest BCUT2D eigenvalue weighted by molar-refractivity contribution is 4.76. The normalized spacial score (nSPS) is 26.2. The van der Waals surface area contributed by atoms with Crippen molar-refractivity contribution in [3.05, 3.63) is 0 Å². The van der Waals surface area contributed by atoms with Crippen molar-refractivity contribution in [3.63, 3.8) is 0 Å². The lowest BCUT2D eigenvalue weighted by Crippen LogP contribution is -2.22. The molecule has 0 aromatic heterocycles. The van der Waals surface area contributed by atoms with Crippen LogP contribution < -0.4 is 0 Å². The van der Waals surface area contributed by atoms with Gasteiger partial charge in [0.1, 0.15) is 0 Å². The van der Waals surface area contributed by atoms with E-state index in [9.17, 15) is 0 Å². The first-order valence-corrected chi connectivity index (χ1v) is 9.08. The Morgan fingerprint density at radius 1 is 0.600 bits per heavy atom. The molecule has 2 nitrogen and oxygen atoms in total. The number of hydrogen-bond acceptors (Lipinski definition) is 2. The lowest BCUT2D eigenvalue weighted by atomic mass is 10.00. The maximum atomic E-state index is 5.94. The average molecular weight is 284 g/mol. The van der Waals surface area contributed by atoms with Crippen LogP contribution in [0.5, 0.6) is 0 Å². The summed E-state index contributed by atoms with van der Waals surface area (Å²) in [6.45, 7) is 6.58. The van der Waals surface area contributed by atoms with Crippen LogP contribution in [0, 0.1) is 0 Å². The van der Waals surface area contributed by atoms with Crippen LogP contribution in [-0.4, -0.2) is 18.5 Å². The Kier molecular flexibility index (Phi) is 10.4. The zero-order valence-corrected chi connectivity index (χ0v) is 14.0. The number of ether oxygens (including phenoxy) is 2. The van der Waals surface area contributed by atoms with Gasteiger partial charge in [-0.25, -0.2) is 0 Å². The van der Waals surface area contributed by atoms with Gasteiger partial charge in [0, 0.05) is 0 Å². The smallest absolute Gasteiger partial charge is 0.155 e. The fourth-order valence-electron chi connectivity index (χ4n) is 3.11. The molecular weight excluding hydrogens is 248 g/mol. The van der Waals surface area contributed by atoms with E-state index >= 15 is 0 Å². The molecule has 120 valence electrons. The second kappa shape index (κ2) is 11.6. The van der Waals surface area contributed by atoms with Crippen LogP contribution in [0.1, 0.15) is 97.8 Å².